The molecule has 2 N–H and O–H groups in total. The van der Waals surface area contributed by atoms with Crippen molar-refractivity contribution in [2.24, 2.45) is 5.73 Å². The van der Waals surface area contributed by atoms with Gasteiger partial charge in [-0.05, 0) is 37.0 Å². The first-order valence-corrected chi connectivity index (χ1v) is 8.31. The molecule has 0 amide bonds. The fraction of sp³-hybridized carbons (Fsp3) is 0.571. The van der Waals surface area contributed by atoms with Crippen LogP contribution in [0.5, 0.6) is 0 Å². The lowest BCUT2D eigenvalue weighted by Gasteiger charge is -2.29. The van der Waals surface area contributed by atoms with Gasteiger partial charge in [0.15, 0.2) is 0 Å². The van der Waals surface area contributed by atoms with E-state index in [1.165, 1.54) is 4.31 Å². The number of hydrogen-bond acceptors (Lipinski definition) is 4. The predicted molar refractivity (Wildman–Crippen MR) is 78.0 cm³/mol. The summed E-state index contributed by atoms with van der Waals surface area (Å²) < 4.78 is 31.5. The Labute approximate surface area is 120 Å². The van der Waals surface area contributed by atoms with E-state index in [2.05, 4.69) is 0 Å². The molecule has 6 heteroatoms. The molecule has 5 nitrogen and oxygen atoms in total. The van der Waals surface area contributed by atoms with Gasteiger partial charge in [-0.3, -0.25) is 0 Å². The molecule has 112 valence electrons. The standard InChI is InChI=1S/C14H22N2O3S/c1-19-11-8-12-2-4-14(5-3-12)20(17,18)16-9-6-13(15)7-10-16/h2-5,13H,6-11,15H2,1H3. The summed E-state index contributed by atoms with van der Waals surface area (Å²) in [6.07, 6.45) is 2.24. The van der Waals surface area contributed by atoms with Crippen LogP contribution in [-0.2, 0) is 21.2 Å². The van der Waals surface area contributed by atoms with E-state index in [0.29, 0.717) is 24.6 Å². The number of nitrogens with two attached hydrogens (primary N) is 1. The van der Waals surface area contributed by atoms with Gasteiger partial charge in [-0.1, -0.05) is 12.1 Å². The molecular weight excluding hydrogens is 276 g/mol. The fourth-order valence-electron chi connectivity index (χ4n) is 2.31. The lowest BCUT2D eigenvalue weighted by Crippen LogP contribution is -2.42. The third kappa shape index (κ3) is 3.58. The van der Waals surface area contributed by atoms with Crippen LogP contribution in [0.1, 0.15) is 18.4 Å². The number of methoxy groups -OCH3 is 1. The van der Waals surface area contributed by atoms with E-state index in [9.17, 15) is 8.42 Å². The molecule has 0 spiro atoms. The van der Waals surface area contributed by atoms with Crippen molar-refractivity contribution in [3.63, 3.8) is 0 Å². The van der Waals surface area contributed by atoms with Gasteiger partial charge in [0.25, 0.3) is 0 Å². The first-order valence-electron chi connectivity index (χ1n) is 6.87. The summed E-state index contributed by atoms with van der Waals surface area (Å²) in [5.41, 5.74) is 6.89. The maximum absolute atomic E-state index is 12.5. The monoisotopic (exact) mass is 298 g/mol. The molecule has 0 radical (unpaired) electrons. The van der Waals surface area contributed by atoms with E-state index in [1.54, 1.807) is 19.2 Å². The first kappa shape index (κ1) is 15.4. The maximum atomic E-state index is 12.5. The molecule has 1 heterocycles. The van der Waals surface area contributed by atoms with Crippen LogP contribution in [0.25, 0.3) is 0 Å². The summed E-state index contributed by atoms with van der Waals surface area (Å²) in [5, 5.41) is 0. The molecule has 0 aliphatic carbocycles. The molecule has 1 fully saturated rings. The van der Waals surface area contributed by atoms with Crippen LogP contribution in [-0.4, -0.2) is 45.6 Å². The Balaban J connectivity index is 2.09. The van der Waals surface area contributed by atoms with Gasteiger partial charge in [-0.2, -0.15) is 4.31 Å². The molecular formula is C14H22N2O3S. The molecule has 2 rings (SSSR count). The van der Waals surface area contributed by atoms with E-state index in [-0.39, 0.29) is 6.04 Å². The van der Waals surface area contributed by atoms with Crippen LogP contribution >= 0.6 is 0 Å². The Kier molecular flexibility index (Phi) is 5.15. The zero-order valence-electron chi connectivity index (χ0n) is 11.8. The van der Waals surface area contributed by atoms with Crippen molar-refractivity contribution in [2.75, 3.05) is 26.8 Å². The number of nitrogens with zero attached hydrogens (tertiary/aromatic N) is 1. The average molecular weight is 298 g/mol. The molecule has 1 saturated heterocycles. The Bertz CT molecular complexity index is 520. The second-order valence-corrected chi connectivity index (χ2v) is 7.07. The van der Waals surface area contributed by atoms with Gasteiger partial charge >= 0.3 is 0 Å². The summed E-state index contributed by atoms with van der Waals surface area (Å²) in [5.74, 6) is 0. The van der Waals surface area contributed by atoms with Crippen molar-refractivity contribution in [1.82, 2.24) is 4.31 Å². The summed E-state index contributed by atoms with van der Waals surface area (Å²) in [7, 11) is -1.72. The van der Waals surface area contributed by atoms with Crippen LogP contribution < -0.4 is 5.73 Å². The molecule has 0 atom stereocenters. The quantitative estimate of drug-likeness (QED) is 0.880. The topological polar surface area (TPSA) is 72.6 Å². The second-order valence-electron chi connectivity index (χ2n) is 5.13. The van der Waals surface area contributed by atoms with Crippen molar-refractivity contribution in [3.05, 3.63) is 29.8 Å². The molecule has 1 aromatic rings. The van der Waals surface area contributed by atoms with Crippen molar-refractivity contribution < 1.29 is 13.2 Å². The molecule has 0 aromatic heterocycles. The number of hydrogen-bond donors (Lipinski definition) is 1. The van der Waals surface area contributed by atoms with Crippen LogP contribution in [0.15, 0.2) is 29.2 Å². The third-order valence-electron chi connectivity index (χ3n) is 3.65. The van der Waals surface area contributed by atoms with Crippen molar-refractivity contribution in [3.8, 4) is 0 Å². The van der Waals surface area contributed by atoms with Crippen LogP contribution in [0, 0.1) is 0 Å². The van der Waals surface area contributed by atoms with E-state index in [1.807, 2.05) is 12.1 Å². The van der Waals surface area contributed by atoms with Crippen LogP contribution in [0.4, 0.5) is 0 Å². The molecule has 0 saturated carbocycles. The highest BCUT2D eigenvalue weighted by Gasteiger charge is 2.27. The van der Waals surface area contributed by atoms with E-state index in [4.69, 9.17) is 10.5 Å². The lowest BCUT2D eigenvalue weighted by molar-refractivity contribution is 0.202. The Morgan fingerprint density at radius 2 is 1.85 bits per heavy atom. The molecule has 0 bridgehead atoms. The van der Waals surface area contributed by atoms with Crippen LogP contribution in [0.3, 0.4) is 0 Å². The summed E-state index contributed by atoms with van der Waals surface area (Å²) in [6, 6.07) is 7.17. The average Bonchev–Trinajstić information content (AvgIpc) is 2.46. The van der Waals surface area contributed by atoms with Gasteiger partial charge < -0.3 is 10.5 Å². The number of benzene rings is 1. The number of rotatable bonds is 5. The summed E-state index contributed by atoms with van der Waals surface area (Å²) >= 11 is 0. The minimum absolute atomic E-state index is 0.123. The molecule has 1 aromatic carbocycles. The summed E-state index contributed by atoms with van der Waals surface area (Å²) in [4.78, 5) is 0.356. The fourth-order valence-corrected chi connectivity index (χ4v) is 3.78. The molecule has 1 aliphatic rings. The number of ether oxygens (including phenoxy) is 1. The lowest BCUT2D eigenvalue weighted by atomic mass is 10.1. The summed E-state index contributed by atoms with van der Waals surface area (Å²) in [6.45, 7) is 1.65. The van der Waals surface area contributed by atoms with Gasteiger partial charge in [-0.25, -0.2) is 8.42 Å². The highest BCUT2D eigenvalue weighted by atomic mass is 32.2. The molecule has 0 unspecified atom stereocenters. The maximum Gasteiger partial charge on any atom is 0.243 e. The largest absolute Gasteiger partial charge is 0.384 e. The van der Waals surface area contributed by atoms with E-state index >= 15 is 0 Å². The van der Waals surface area contributed by atoms with Crippen molar-refractivity contribution in [1.29, 1.82) is 0 Å². The zero-order valence-corrected chi connectivity index (χ0v) is 12.6. The van der Waals surface area contributed by atoms with Crippen molar-refractivity contribution in [2.45, 2.75) is 30.2 Å². The smallest absolute Gasteiger partial charge is 0.243 e. The van der Waals surface area contributed by atoms with Crippen LogP contribution in [0.2, 0.25) is 0 Å². The Morgan fingerprint density at radius 1 is 1.25 bits per heavy atom. The predicted octanol–water partition coefficient (Wildman–Crippen LogP) is 0.987. The third-order valence-corrected chi connectivity index (χ3v) is 5.57. The number of piperidine rings is 1. The van der Waals surface area contributed by atoms with Gasteiger partial charge in [0.05, 0.1) is 11.5 Å². The van der Waals surface area contributed by atoms with E-state index in [0.717, 1.165) is 24.8 Å². The normalized spacial score (nSPS) is 18.3. The van der Waals surface area contributed by atoms with Gasteiger partial charge in [-0.15, -0.1) is 0 Å². The first-order chi connectivity index (χ1) is 9.54. The zero-order chi connectivity index (χ0) is 14.6. The van der Waals surface area contributed by atoms with Gasteiger partial charge in [0.1, 0.15) is 0 Å². The highest BCUT2D eigenvalue weighted by molar-refractivity contribution is 7.89. The minimum Gasteiger partial charge on any atom is -0.384 e. The van der Waals surface area contributed by atoms with Gasteiger partial charge in [0, 0.05) is 26.2 Å². The van der Waals surface area contributed by atoms with E-state index < -0.39 is 10.0 Å². The number of sulfonamides is 1. The second kappa shape index (κ2) is 6.67. The SMILES string of the molecule is COCCc1ccc(S(=O)(=O)N2CCC(N)CC2)cc1. The Morgan fingerprint density at radius 3 is 2.40 bits per heavy atom. The van der Waals surface area contributed by atoms with Gasteiger partial charge in [0.2, 0.25) is 10.0 Å². The molecule has 1 aliphatic heterocycles. The Hall–Kier alpha value is -0.950. The molecule has 20 heavy (non-hydrogen) atoms. The van der Waals surface area contributed by atoms with Crippen molar-refractivity contribution >= 4 is 10.0 Å². The highest BCUT2D eigenvalue weighted by Crippen LogP contribution is 2.20. The minimum atomic E-state index is -3.38.